The van der Waals surface area contributed by atoms with Gasteiger partial charge in [-0.05, 0) is 68.8 Å². The number of rotatable bonds is 4. The first-order chi connectivity index (χ1) is 8.56. The van der Waals surface area contributed by atoms with Gasteiger partial charge in [-0.3, -0.25) is 10.2 Å². The van der Waals surface area contributed by atoms with E-state index in [2.05, 4.69) is 11.8 Å². The summed E-state index contributed by atoms with van der Waals surface area (Å²) in [4.78, 5) is 13.6. The van der Waals surface area contributed by atoms with Crippen LogP contribution in [0.4, 0.5) is 0 Å². The van der Waals surface area contributed by atoms with Crippen LogP contribution >= 0.6 is 11.8 Å². The van der Waals surface area contributed by atoms with Crippen LogP contribution in [-0.4, -0.2) is 34.2 Å². The van der Waals surface area contributed by atoms with E-state index in [-0.39, 0.29) is 5.12 Å². The van der Waals surface area contributed by atoms with Crippen LogP contribution in [0, 0.1) is 17.2 Å². The Balaban J connectivity index is 1.71. The summed E-state index contributed by atoms with van der Waals surface area (Å²) in [6.07, 6.45) is 6.13. The van der Waals surface area contributed by atoms with Gasteiger partial charge >= 0.3 is 0 Å². The molecule has 102 valence electrons. The first-order valence-corrected chi connectivity index (χ1v) is 7.88. The van der Waals surface area contributed by atoms with Gasteiger partial charge in [0.15, 0.2) is 5.12 Å². The van der Waals surface area contributed by atoms with E-state index < -0.39 is 0 Å². The molecule has 0 radical (unpaired) electrons. The largest absolute Gasteiger partial charge is 0.300 e. The smallest absolute Gasteiger partial charge is 0.191 e. The van der Waals surface area contributed by atoms with Crippen molar-refractivity contribution in [1.29, 1.82) is 5.41 Å². The SMILES string of the molecule is CC(=O)SC(=N)CC(C)C1CCN(C2CC2)CC1. The number of carbonyl (C=O) groups is 1. The maximum Gasteiger partial charge on any atom is 0.191 e. The molecule has 0 amide bonds. The zero-order valence-electron chi connectivity index (χ0n) is 11.4. The van der Waals surface area contributed by atoms with Crippen molar-refractivity contribution in [3.05, 3.63) is 0 Å². The Labute approximate surface area is 114 Å². The summed E-state index contributed by atoms with van der Waals surface area (Å²) < 4.78 is 0. The van der Waals surface area contributed by atoms with E-state index in [1.165, 1.54) is 45.7 Å². The predicted octanol–water partition coefficient (Wildman–Crippen LogP) is 3.14. The Morgan fingerprint density at radius 3 is 2.44 bits per heavy atom. The Bertz CT molecular complexity index is 320. The summed E-state index contributed by atoms with van der Waals surface area (Å²) in [6, 6.07) is 0.896. The van der Waals surface area contributed by atoms with Gasteiger partial charge in [0.1, 0.15) is 0 Å². The molecule has 2 fully saturated rings. The van der Waals surface area contributed by atoms with E-state index in [0.29, 0.717) is 11.0 Å². The molecule has 2 rings (SSSR count). The molecule has 18 heavy (non-hydrogen) atoms. The lowest BCUT2D eigenvalue weighted by molar-refractivity contribution is -0.109. The number of thioether (sulfide) groups is 1. The van der Waals surface area contributed by atoms with Crippen LogP contribution in [0.25, 0.3) is 0 Å². The van der Waals surface area contributed by atoms with Crippen LogP contribution in [0.3, 0.4) is 0 Å². The molecule has 2 aliphatic rings. The fourth-order valence-electron chi connectivity index (χ4n) is 2.97. The monoisotopic (exact) mass is 268 g/mol. The molecule has 0 bridgehead atoms. The molecular formula is C14H24N2OS. The van der Waals surface area contributed by atoms with Crippen LogP contribution in [0.5, 0.6) is 0 Å². The van der Waals surface area contributed by atoms with Gasteiger partial charge in [-0.25, -0.2) is 0 Å². The van der Waals surface area contributed by atoms with Gasteiger partial charge in [-0.1, -0.05) is 6.92 Å². The Kier molecular flexibility index (Phi) is 4.84. The summed E-state index contributed by atoms with van der Waals surface area (Å²) in [7, 11) is 0. The van der Waals surface area contributed by atoms with E-state index in [1.54, 1.807) is 0 Å². The molecule has 1 aliphatic carbocycles. The van der Waals surface area contributed by atoms with Gasteiger partial charge in [0.25, 0.3) is 0 Å². The molecule has 1 unspecified atom stereocenters. The minimum absolute atomic E-state index is 0.0377. The summed E-state index contributed by atoms with van der Waals surface area (Å²) in [5.41, 5.74) is 0. The van der Waals surface area contributed by atoms with Gasteiger partial charge in [-0.15, -0.1) is 0 Å². The summed E-state index contributed by atoms with van der Waals surface area (Å²) >= 11 is 1.10. The topological polar surface area (TPSA) is 44.2 Å². The quantitative estimate of drug-likeness (QED) is 0.629. The van der Waals surface area contributed by atoms with E-state index in [4.69, 9.17) is 5.41 Å². The third-order valence-electron chi connectivity index (χ3n) is 4.22. The van der Waals surface area contributed by atoms with Gasteiger partial charge in [0, 0.05) is 13.0 Å². The zero-order chi connectivity index (χ0) is 13.1. The maximum absolute atomic E-state index is 11.0. The minimum atomic E-state index is 0.0377. The number of likely N-dealkylation sites (tertiary alicyclic amines) is 1. The Morgan fingerprint density at radius 2 is 1.94 bits per heavy atom. The molecule has 0 spiro atoms. The average Bonchev–Trinajstić information content (AvgIpc) is 3.11. The highest BCUT2D eigenvalue weighted by Crippen LogP contribution is 2.34. The highest BCUT2D eigenvalue weighted by atomic mass is 32.2. The number of hydrogen-bond donors (Lipinski definition) is 1. The molecule has 1 saturated heterocycles. The number of nitrogens with zero attached hydrogens (tertiary/aromatic N) is 1. The average molecular weight is 268 g/mol. The second-order valence-electron chi connectivity index (χ2n) is 5.80. The Morgan fingerprint density at radius 1 is 1.33 bits per heavy atom. The van der Waals surface area contributed by atoms with Crippen LogP contribution in [0.1, 0.15) is 46.0 Å². The molecule has 0 aromatic rings. The van der Waals surface area contributed by atoms with Crippen LogP contribution in [0.15, 0.2) is 0 Å². The lowest BCUT2D eigenvalue weighted by atomic mass is 9.84. The summed E-state index contributed by atoms with van der Waals surface area (Å²) in [6.45, 7) is 6.27. The van der Waals surface area contributed by atoms with Gasteiger partial charge in [-0.2, -0.15) is 0 Å². The van der Waals surface area contributed by atoms with E-state index >= 15 is 0 Å². The van der Waals surface area contributed by atoms with Crippen molar-refractivity contribution < 1.29 is 4.79 Å². The number of hydrogen-bond acceptors (Lipinski definition) is 4. The molecule has 1 heterocycles. The second-order valence-corrected chi connectivity index (χ2v) is 7.07. The number of piperidine rings is 1. The van der Waals surface area contributed by atoms with Crippen molar-refractivity contribution in [1.82, 2.24) is 4.90 Å². The molecule has 1 saturated carbocycles. The van der Waals surface area contributed by atoms with E-state index in [0.717, 1.165) is 30.1 Å². The lowest BCUT2D eigenvalue weighted by Gasteiger charge is -2.35. The molecule has 1 N–H and O–H groups in total. The van der Waals surface area contributed by atoms with Crippen molar-refractivity contribution >= 4 is 21.9 Å². The van der Waals surface area contributed by atoms with Crippen molar-refractivity contribution in [2.75, 3.05) is 13.1 Å². The molecule has 1 atom stereocenters. The Hall–Kier alpha value is -0.350. The third-order valence-corrected chi connectivity index (χ3v) is 4.92. The van der Waals surface area contributed by atoms with Crippen molar-refractivity contribution in [2.24, 2.45) is 11.8 Å². The molecule has 0 aromatic carbocycles. The fraction of sp³-hybridized carbons (Fsp3) is 0.857. The molecule has 0 aromatic heterocycles. The van der Waals surface area contributed by atoms with Crippen LogP contribution in [0.2, 0.25) is 0 Å². The number of carbonyl (C=O) groups excluding carboxylic acids is 1. The standard InChI is InChI=1S/C14H24N2OS/c1-10(9-14(15)18-11(2)17)12-5-7-16(8-6-12)13-3-4-13/h10,12-13,15H,3-9H2,1-2H3. The normalized spacial score (nSPS) is 23.9. The van der Waals surface area contributed by atoms with Crippen molar-refractivity contribution in [3.8, 4) is 0 Å². The predicted molar refractivity (Wildman–Crippen MR) is 77.1 cm³/mol. The summed E-state index contributed by atoms with van der Waals surface area (Å²) in [5, 5.41) is 8.40. The van der Waals surface area contributed by atoms with Crippen LogP contribution < -0.4 is 0 Å². The highest BCUT2D eigenvalue weighted by molar-refractivity contribution is 8.26. The second kappa shape index (κ2) is 6.20. The zero-order valence-corrected chi connectivity index (χ0v) is 12.3. The van der Waals surface area contributed by atoms with Crippen molar-refractivity contribution in [2.45, 2.75) is 52.0 Å². The van der Waals surface area contributed by atoms with Crippen LogP contribution in [-0.2, 0) is 4.79 Å². The highest BCUT2D eigenvalue weighted by Gasteiger charge is 2.33. The van der Waals surface area contributed by atoms with Crippen molar-refractivity contribution in [3.63, 3.8) is 0 Å². The lowest BCUT2D eigenvalue weighted by Crippen LogP contribution is -2.37. The maximum atomic E-state index is 11.0. The first kappa shape index (κ1) is 14.1. The van der Waals surface area contributed by atoms with Gasteiger partial charge in [0.2, 0.25) is 0 Å². The fourth-order valence-corrected chi connectivity index (χ4v) is 3.66. The molecular weight excluding hydrogens is 244 g/mol. The number of nitrogens with one attached hydrogen (secondary N) is 1. The van der Waals surface area contributed by atoms with Gasteiger partial charge in [0.05, 0.1) is 5.04 Å². The molecule has 4 heteroatoms. The molecule has 3 nitrogen and oxygen atoms in total. The van der Waals surface area contributed by atoms with E-state index in [9.17, 15) is 4.79 Å². The minimum Gasteiger partial charge on any atom is -0.300 e. The van der Waals surface area contributed by atoms with E-state index in [1.807, 2.05) is 0 Å². The molecule has 1 aliphatic heterocycles. The van der Waals surface area contributed by atoms with Gasteiger partial charge < -0.3 is 4.90 Å². The first-order valence-electron chi connectivity index (χ1n) is 7.06. The third kappa shape index (κ3) is 4.09. The summed E-state index contributed by atoms with van der Waals surface area (Å²) in [5.74, 6) is 1.29.